The van der Waals surface area contributed by atoms with Crippen molar-refractivity contribution in [2.24, 2.45) is 0 Å². The molecule has 0 unspecified atom stereocenters. The Hall–Kier alpha value is -2.19. The van der Waals surface area contributed by atoms with E-state index in [0.717, 1.165) is 12.8 Å². The van der Waals surface area contributed by atoms with Crippen molar-refractivity contribution in [3.05, 3.63) is 33.4 Å². The maximum atomic E-state index is 13.0. The van der Waals surface area contributed by atoms with E-state index in [0.29, 0.717) is 44.0 Å². The van der Waals surface area contributed by atoms with Gasteiger partial charge in [0.05, 0.1) is 12.1 Å². The number of nitrogens with one attached hydrogen (secondary N) is 1. The largest absolute Gasteiger partial charge is 0.427 e. The van der Waals surface area contributed by atoms with Crippen molar-refractivity contribution in [1.82, 2.24) is 10.2 Å². The first-order valence-electron chi connectivity index (χ1n) is 9.45. The summed E-state index contributed by atoms with van der Waals surface area (Å²) >= 11 is 0. The zero-order valence-corrected chi connectivity index (χ0v) is 15.4. The lowest BCUT2D eigenvalue weighted by atomic mass is 9.95. The van der Waals surface area contributed by atoms with E-state index in [-0.39, 0.29) is 42.0 Å². The van der Waals surface area contributed by atoms with E-state index in [1.165, 1.54) is 0 Å². The highest BCUT2D eigenvalue weighted by molar-refractivity contribution is 5.95. The van der Waals surface area contributed by atoms with E-state index >= 15 is 0 Å². The molecule has 1 aromatic heterocycles. The van der Waals surface area contributed by atoms with Crippen LogP contribution < -0.4 is 10.9 Å². The number of carbonyl (C=O) groups excluding carboxylic acids is 2. The van der Waals surface area contributed by atoms with Crippen LogP contribution in [-0.2, 0) is 14.3 Å². The fourth-order valence-corrected chi connectivity index (χ4v) is 4.12. The second-order valence-corrected chi connectivity index (χ2v) is 7.44. The van der Waals surface area contributed by atoms with Crippen LogP contribution in [0.25, 0.3) is 0 Å². The zero-order chi connectivity index (χ0) is 19.0. The molecule has 4 rings (SSSR count). The molecule has 8 nitrogen and oxygen atoms in total. The maximum absolute atomic E-state index is 13.0. The van der Waals surface area contributed by atoms with Crippen LogP contribution in [0.5, 0.6) is 0 Å². The van der Waals surface area contributed by atoms with Crippen molar-refractivity contribution < 1.29 is 23.5 Å². The Kier molecular flexibility index (Phi) is 5.01. The lowest BCUT2D eigenvalue weighted by Gasteiger charge is -2.41. The Morgan fingerprint density at radius 2 is 2.00 bits per heavy atom. The minimum atomic E-state index is -0.590. The van der Waals surface area contributed by atoms with E-state index in [1.54, 1.807) is 11.8 Å². The highest BCUT2D eigenvalue weighted by Crippen LogP contribution is 2.27. The van der Waals surface area contributed by atoms with Gasteiger partial charge in [0.1, 0.15) is 17.9 Å². The minimum absolute atomic E-state index is 0.0610. The maximum Gasteiger partial charge on any atom is 0.349 e. The van der Waals surface area contributed by atoms with Gasteiger partial charge in [0.15, 0.2) is 0 Å². The summed E-state index contributed by atoms with van der Waals surface area (Å²) < 4.78 is 16.4. The first-order valence-corrected chi connectivity index (χ1v) is 9.45. The second kappa shape index (κ2) is 7.44. The molecule has 146 valence electrons. The quantitative estimate of drug-likeness (QED) is 0.810. The number of carbonyl (C=O) groups is 2. The van der Waals surface area contributed by atoms with E-state index in [2.05, 4.69) is 5.32 Å². The monoisotopic (exact) mass is 376 g/mol. The first-order chi connectivity index (χ1) is 13.0. The summed E-state index contributed by atoms with van der Waals surface area (Å²) in [7, 11) is 0. The van der Waals surface area contributed by atoms with Gasteiger partial charge in [0, 0.05) is 32.2 Å². The van der Waals surface area contributed by atoms with Crippen LogP contribution in [0.1, 0.15) is 46.9 Å². The number of rotatable bonds is 2. The van der Waals surface area contributed by atoms with Crippen molar-refractivity contribution in [2.75, 3.05) is 32.9 Å². The second-order valence-electron chi connectivity index (χ2n) is 7.44. The van der Waals surface area contributed by atoms with Crippen molar-refractivity contribution >= 4 is 11.8 Å². The third kappa shape index (κ3) is 3.64. The molecule has 1 N–H and O–H groups in total. The number of aryl methyl sites for hydroxylation is 1. The fraction of sp³-hybridized carbons (Fsp3) is 0.632. The summed E-state index contributed by atoms with van der Waals surface area (Å²) in [5.74, 6) is 0.253. The number of hydrogen-bond acceptors (Lipinski definition) is 6. The van der Waals surface area contributed by atoms with Crippen molar-refractivity contribution in [3.63, 3.8) is 0 Å². The van der Waals surface area contributed by atoms with E-state index < -0.39 is 5.63 Å². The molecule has 0 spiro atoms. The Morgan fingerprint density at radius 3 is 2.74 bits per heavy atom. The van der Waals surface area contributed by atoms with Crippen LogP contribution in [0.15, 0.2) is 15.3 Å². The molecule has 0 bridgehead atoms. The highest BCUT2D eigenvalue weighted by Gasteiger charge is 2.37. The number of likely N-dealkylation sites (tertiary alicyclic amines) is 1. The van der Waals surface area contributed by atoms with Crippen LogP contribution in [0.4, 0.5) is 0 Å². The van der Waals surface area contributed by atoms with Crippen molar-refractivity contribution in [1.29, 1.82) is 0 Å². The van der Waals surface area contributed by atoms with Gasteiger partial charge in [0.2, 0.25) is 5.91 Å². The van der Waals surface area contributed by atoms with Crippen molar-refractivity contribution in [3.8, 4) is 0 Å². The minimum Gasteiger partial charge on any atom is -0.427 e. The van der Waals surface area contributed by atoms with Gasteiger partial charge >= 0.3 is 5.63 Å². The molecule has 8 heteroatoms. The van der Waals surface area contributed by atoms with Gasteiger partial charge in [-0.15, -0.1) is 0 Å². The number of fused-ring (bicyclic) bond motifs is 1. The average molecular weight is 376 g/mol. The number of morpholine rings is 1. The van der Waals surface area contributed by atoms with Crippen molar-refractivity contribution in [2.45, 2.75) is 44.2 Å². The van der Waals surface area contributed by atoms with Crippen LogP contribution in [0.3, 0.4) is 0 Å². The summed E-state index contributed by atoms with van der Waals surface area (Å²) in [6.45, 7) is 3.94. The summed E-state index contributed by atoms with van der Waals surface area (Å²) in [5, 5.41) is 2.86. The number of ether oxygens (including phenoxy) is 2. The molecule has 4 heterocycles. The SMILES string of the molecule is Cc1cc(C2CCOCC2)oc(=O)c1C(=O)N1CC[C@H]2OCC(=O)N[C@H]2C1. The molecule has 0 aromatic carbocycles. The predicted molar refractivity (Wildman–Crippen MR) is 94.7 cm³/mol. The van der Waals surface area contributed by atoms with Gasteiger partial charge in [-0.25, -0.2) is 4.79 Å². The molecule has 2 amide bonds. The molecule has 0 aliphatic carbocycles. The Morgan fingerprint density at radius 1 is 1.22 bits per heavy atom. The van der Waals surface area contributed by atoms with Gasteiger partial charge in [-0.05, 0) is 37.8 Å². The fourth-order valence-electron chi connectivity index (χ4n) is 4.12. The van der Waals surface area contributed by atoms with Gasteiger partial charge in [-0.2, -0.15) is 0 Å². The van der Waals surface area contributed by atoms with E-state index in [4.69, 9.17) is 13.9 Å². The molecule has 3 saturated heterocycles. The summed E-state index contributed by atoms with van der Waals surface area (Å²) in [5.41, 5.74) is 0.114. The van der Waals surface area contributed by atoms with Gasteiger partial charge in [0.25, 0.3) is 5.91 Å². The third-order valence-electron chi connectivity index (χ3n) is 5.62. The Balaban J connectivity index is 1.53. The van der Waals surface area contributed by atoms with E-state index in [9.17, 15) is 14.4 Å². The molecular weight excluding hydrogens is 352 g/mol. The van der Waals surface area contributed by atoms with Gasteiger partial charge in [-0.1, -0.05) is 0 Å². The first kappa shape index (κ1) is 18.2. The topological polar surface area (TPSA) is 98.1 Å². The smallest absolute Gasteiger partial charge is 0.349 e. The molecular formula is C19H24N2O6. The summed E-state index contributed by atoms with van der Waals surface area (Å²) in [6, 6.07) is 1.57. The molecule has 0 saturated carbocycles. The highest BCUT2D eigenvalue weighted by atomic mass is 16.5. The van der Waals surface area contributed by atoms with Crippen LogP contribution >= 0.6 is 0 Å². The number of hydrogen-bond donors (Lipinski definition) is 1. The standard InChI is InChI=1S/C19H24N2O6/c1-11-8-15(12-3-6-25-7-4-12)27-19(24)17(11)18(23)21-5-2-14-13(9-21)20-16(22)10-26-14/h8,12-14H,2-7,9-10H2,1H3,(H,20,22)/t13-,14+/m0/s1. The van der Waals surface area contributed by atoms with Gasteiger partial charge in [-0.3, -0.25) is 9.59 Å². The molecule has 3 aliphatic heterocycles. The normalized spacial score (nSPS) is 26.4. The number of nitrogens with zero attached hydrogens (tertiary/aromatic N) is 1. The molecule has 3 fully saturated rings. The lowest BCUT2D eigenvalue weighted by molar-refractivity contribution is -0.139. The Labute approximate surface area is 156 Å². The zero-order valence-electron chi connectivity index (χ0n) is 15.4. The van der Waals surface area contributed by atoms with Crippen LogP contribution in [-0.4, -0.2) is 61.8 Å². The summed E-state index contributed by atoms with van der Waals surface area (Å²) in [4.78, 5) is 38.7. The van der Waals surface area contributed by atoms with Gasteiger partial charge < -0.3 is 24.1 Å². The van der Waals surface area contributed by atoms with Crippen LogP contribution in [0.2, 0.25) is 0 Å². The molecule has 0 radical (unpaired) electrons. The van der Waals surface area contributed by atoms with E-state index in [1.807, 2.05) is 6.07 Å². The number of piperidine rings is 1. The molecule has 3 aliphatic rings. The number of amides is 2. The average Bonchev–Trinajstić information content (AvgIpc) is 2.67. The Bertz CT molecular complexity index is 798. The molecule has 1 aromatic rings. The molecule has 27 heavy (non-hydrogen) atoms. The lowest BCUT2D eigenvalue weighted by Crippen LogP contribution is -2.61. The third-order valence-corrected chi connectivity index (χ3v) is 5.62. The summed E-state index contributed by atoms with van der Waals surface area (Å²) in [6.07, 6.45) is 2.16. The van der Waals surface area contributed by atoms with Crippen LogP contribution in [0, 0.1) is 6.92 Å². The molecule has 2 atom stereocenters. The predicted octanol–water partition coefficient (Wildman–Crippen LogP) is 0.572.